The van der Waals surface area contributed by atoms with Gasteiger partial charge in [0.15, 0.2) is 0 Å². The molecular formula is C13H12ClNOS. The Hall–Kier alpha value is -1.16. The van der Waals surface area contributed by atoms with E-state index in [4.69, 9.17) is 17.3 Å². The van der Waals surface area contributed by atoms with Gasteiger partial charge in [-0.1, -0.05) is 29.4 Å². The first-order valence-electron chi connectivity index (χ1n) is 5.12. The second-order valence-electron chi connectivity index (χ2n) is 3.58. The van der Waals surface area contributed by atoms with Crippen LogP contribution in [0, 0.1) is 0 Å². The Morgan fingerprint density at radius 1 is 1.12 bits per heavy atom. The smallest absolute Gasteiger partial charge is 0.0692 e. The SMILES string of the molecule is Nc1ccc(CO)c(Sc2ccc(Cl)cc2)c1. The molecule has 0 bridgehead atoms. The molecule has 0 aliphatic rings. The number of benzene rings is 2. The van der Waals surface area contributed by atoms with Gasteiger partial charge in [-0.25, -0.2) is 0 Å². The second kappa shape index (κ2) is 5.45. The number of hydrogen-bond donors (Lipinski definition) is 2. The van der Waals surface area contributed by atoms with E-state index >= 15 is 0 Å². The molecule has 2 aromatic rings. The molecule has 3 N–H and O–H groups in total. The molecular weight excluding hydrogens is 254 g/mol. The summed E-state index contributed by atoms with van der Waals surface area (Å²) in [4.78, 5) is 2.03. The van der Waals surface area contributed by atoms with Crippen molar-refractivity contribution in [3.63, 3.8) is 0 Å². The van der Waals surface area contributed by atoms with E-state index in [9.17, 15) is 5.11 Å². The third-order valence-corrected chi connectivity index (χ3v) is 3.66. The molecule has 2 rings (SSSR count). The van der Waals surface area contributed by atoms with Gasteiger partial charge in [0, 0.05) is 20.5 Å². The van der Waals surface area contributed by atoms with Gasteiger partial charge >= 0.3 is 0 Å². The molecule has 0 aliphatic heterocycles. The minimum absolute atomic E-state index is 0.0101. The molecule has 0 aliphatic carbocycles. The molecule has 0 atom stereocenters. The Balaban J connectivity index is 2.28. The third-order valence-electron chi connectivity index (χ3n) is 2.30. The zero-order valence-electron chi connectivity index (χ0n) is 9.06. The van der Waals surface area contributed by atoms with Crippen LogP contribution in [0.1, 0.15) is 5.56 Å². The van der Waals surface area contributed by atoms with Crippen LogP contribution >= 0.6 is 23.4 Å². The lowest BCUT2D eigenvalue weighted by Gasteiger charge is -2.08. The summed E-state index contributed by atoms with van der Waals surface area (Å²) < 4.78 is 0. The number of anilines is 1. The van der Waals surface area contributed by atoms with Gasteiger partial charge in [-0.15, -0.1) is 0 Å². The van der Waals surface area contributed by atoms with E-state index in [0.29, 0.717) is 10.7 Å². The monoisotopic (exact) mass is 265 g/mol. The number of hydrogen-bond acceptors (Lipinski definition) is 3. The number of aliphatic hydroxyl groups is 1. The molecule has 0 amide bonds. The van der Waals surface area contributed by atoms with Crippen LogP contribution < -0.4 is 5.73 Å². The van der Waals surface area contributed by atoms with E-state index in [1.54, 1.807) is 17.8 Å². The van der Waals surface area contributed by atoms with Gasteiger partial charge in [0.25, 0.3) is 0 Å². The van der Waals surface area contributed by atoms with Crippen molar-refractivity contribution in [3.05, 3.63) is 53.1 Å². The maximum atomic E-state index is 9.26. The van der Waals surface area contributed by atoms with Crippen LogP contribution in [0.2, 0.25) is 5.02 Å². The molecule has 4 heteroatoms. The predicted octanol–water partition coefficient (Wildman–Crippen LogP) is 3.57. The quantitative estimate of drug-likeness (QED) is 0.834. The third kappa shape index (κ3) is 3.16. The topological polar surface area (TPSA) is 46.2 Å². The van der Waals surface area contributed by atoms with Crippen LogP contribution in [-0.2, 0) is 6.61 Å². The minimum Gasteiger partial charge on any atom is -0.399 e. The average Bonchev–Trinajstić information content (AvgIpc) is 2.32. The lowest BCUT2D eigenvalue weighted by atomic mass is 10.2. The average molecular weight is 266 g/mol. The summed E-state index contributed by atoms with van der Waals surface area (Å²) >= 11 is 7.39. The molecule has 88 valence electrons. The first-order valence-corrected chi connectivity index (χ1v) is 6.31. The number of nitrogen functional groups attached to an aromatic ring is 1. The maximum absolute atomic E-state index is 9.26. The normalized spacial score (nSPS) is 10.5. The predicted molar refractivity (Wildman–Crippen MR) is 72.4 cm³/mol. The van der Waals surface area contributed by atoms with E-state index < -0.39 is 0 Å². The van der Waals surface area contributed by atoms with Crippen LogP contribution in [0.3, 0.4) is 0 Å². The van der Waals surface area contributed by atoms with Crippen molar-refractivity contribution in [2.45, 2.75) is 16.4 Å². The molecule has 0 aromatic heterocycles. The fourth-order valence-electron chi connectivity index (χ4n) is 1.43. The van der Waals surface area contributed by atoms with Crippen LogP contribution in [0.5, 0.6) is 0 Å². The fraction of sp³-hybridized carbons (Fsp3) is 0.0769. The summed E-state index contributed by atoms with van der Waals surface area (Å²) in [5.41, 5.74) is 7.31. The summed E-state index contributed by atoms with van der Waals surface area (Å²) in [5, 5.41) is 9.97. The molecule has 0 heterocycles. The van der Waals surface area contributed by atoms with E-state index in [2.05, 4.69) is 0 Å². The zero-order chi connectivity index (χ0) is 12.3. The molecule has 0 saturated carbocycles. The van der Waals surface area contributed by atoms with E-state index in [1.807, 2.05) is 36.4 Å². The first-order chi connectivity index (χ1) is 8.19. The van der Waals surface area contributed by atoms with Crippen LogP contribution in [0.4, 0.5) is 5.69 Å². The van der Waals surface area contributed by atoms with Crippen molar-refractivity contribution in [3.8, 4) is 0 Å². The second-order valence-corrected chi connectivity index (χ2v) is 5.13. The van der Waals surface area contributed by atoms with Gasteiger partial charge < -0.3 is 10.8 Å². The zero-order valence-corrected chi connectivity index (χ0v) is 10.6. The number of aliphatic hydroxyl groups excluding tert-OH is 1. The molecule has 0 radical (unpaired) electrons. The van der Waals surface area contributed by atoms with Gasteiger partial charge in [-0.05, 0) is 42.0 Å². The molecule has 0 fully saturated rings. The van der Waals surface area contributed by atoms with Crippen molar-refractivity contribution in [2.75, 3.05) is 5.73 Å². The highest BCUT2D eigenvalue weighted by Crippen LogP contribution is 2.32. The molecule has 17 heavy (non-hydrogen) atoms. The fourth-order valence-corrected chi connectivity index (χ4v) is 2.54. The summed E-state index contributed by atoms with van der Waals surface area (Å²) in [6.45, 7) is 0.0101. The van der Waals surface area contributed by atoms with E-state index in [-0.39, 0.29) is 6.61 Å². The van der Waals surface area contributed by atoms with Gasteiger partial charge in [0.05, 0.1) is 6.61 Å². The largest absolute Gasteiger partial charge is 0.399 e. The summed E-state index contributed by atoms with van der Waals surface area (Å²) in [7, 11) is 0. The van der Waals surface area contributed by atoms with E-state index in [1.165, 1.54) is 0 Å². The molecule has 0 unspecified atom stereocenters. The number of nitrogens with two attached hydrogens (primary N) is 1. The van der Waals surface area contributed by atoms with Gasteiger partial charge in [-0.2, -0.15) is 0 Å². The van der Waals surface area contributed by atoms with Crippen molar-refractivity contribution in [1.82, 2.24) is 0 Å². The van der Waals surface area contributed by atoms with Crippen LogP contribution in [0.15, 0.2) is 52.3 Å². The number of halogens is 1. The lowest BCUT2D eigenvalue weighted by Crippen LogP contribution is -1.91. The van der Waals surface area contributed by atoms with Crippen molar-refractivity contribution in [2.24, 2.45) is 0 Å². The summed E-state index contributed by atoms with van der Waals surface area (Å²) in [6.07, 6.45) is 0. The van der Waals surface area contributed by atoms with Gasteiger partial charge in [-0.3, -0.25) is 0 Å². The number of rotatable bonds is 3. The van der Waals surface area contributed by atoms with Crippen LogP contribution in [0.25, 0.3) is 0 Å². The van der Waals surface area contributed by atoms with Crippen molar-refractivity contribution >= 4 is 29.1 Å². The highest BCUT2D eigenvalue weighted by molar-refractivity contribution is 7.99. The van der Waals surface area contributed by atoms with Crippen molar-refractivity contribution in [1.29, 1.82) is 0 Å². The maximum Gasteiger partial charge on any atom is 0.0692 e. The molecule has 0 saturated heterocycles. The molecule has 0 spiro atoms. The standard InChI is InChI=1S/C13H12ClNOS/c14-10-2-5-12(6-3-10)17-13-7-11(15)4-1-9(13)8-16/h1-7,16H,8,15H2. The highest BCUT2D eigenvalue weighted by atomic mass is 35.5. The Labute approximate surface area is 109 Å². The Bertz CT molecular complexity index is 513. The Kier molecular flexibility index (Phi) is 3.94. The lowest BCUT2D eigenvalue weighted by molar-refractivity contribution is 0.279. The van der Waals surface area contributed by atoms with E-state index in [0.717, 1.165) is 15.4 Å². The van der Waals surface area contributed by atoms with Gasteiger partial charge in [0.1, 0.15) is 0 Å². The first kappa shape index (κ1) is 12.3. The van der Waals surface area contributed by atoms with Gasteiger partial charge in [0.2, 0.25) is 0 Å². The molecule has 2 nitrogen and oxygen atoms in total. The van der Waals surface area contributed by atoms with Crippen molar-refractivity contribution < 1.29 is 5.11 Å². The highest BCUT2D eigenvalue weighted by Gasteiger charge is 2.04. The minimum atomic E-state index is 0.0101. The van der Waals surface area contributed by atoms with Crippen LogP contribution in [-0.4, -0.2) is 5.11 Å². The summed E-state index contributed by atoms with van der Waals surface area (Å²) in [5.74, 6) is 0. The summed E-state index contributed by atoms with van der Waals surface area (Å²) in [6, 6.07) is 13.1. The Morgan fingerprint density at radius 3 is 2.47 bits per heavy atom. The Morgan fingerprint density at radius 2 is 1.82 bits per heavy atom. The molecule has 2 aromatic carbocycles.